The maximum absolute atomic E-state index is 12.8. The molecule has 33 heavy (non-hydrogen) atoms. The molecule has 7 nitrogen and oxygen atoms in total. The van der Waals surface area contributed by atoms with Gasteiger partial charge >= 0.3 is 0 Å². The topological polar surface area (TPSA) is 94.3 Å². The highest BCUT2D eigenvalue weighted by atomic mass is 32.2. The average molecular weight is 469 g/mol. The van der Waals surface area contributed by atoms with Crippen molar-refractivity contribution >= 4 is 32.5 Å². The van der Waals surface area contributed by atoms with Crippen LogP contribution in [-0.2, 0) is 14.8 Å². The van der Waals surface area contributed by atoms with Gasteiger partial charge in [0.05, 0.1) is 10.9 Å². The maximum atomic E-state index is 12.8. The number of benzene rings is 2. The average Bonchev–Trinajstić information content (AvgIpc) is 3.22. The smallest absolute Gasteiger partial charge is 0.241 e. The van der Waals surface area contributed by atoms with E-state index < -0.39 is 10.0 Å². The van der Waals surface area contributed by atoms with E-state index >= 15 is 0 Å². The van der Waals surface area contributed by atoms with Crippen LogP contribution in [0.3, 0.4) is 0 Å². The zero-order valence-corrected chi connectivity index (χ0v) is 20.2. The fourth-order valence-electron chi connectivity index (χ4n) is 4.42. The number of aromatic amines is 1. The second-order valence-electron chi connectivity index (χ2n) is 9.09. The van der Waals surface area contributed by atoms with Crippen LogP contribution in [0.4, 0.5) is 5.69 Å². The second kappa shape index (κ2) is 9.67. The molecule has 1 unspecified atom stereocenters. The molecular weight excluding hydrogens is 436 g/mol. The van der Waals surface area contributed by atoms with Gasteiger partial charge in [-0.1, -0.05) is 18.2 Å². The Labute approximate surface area is 195 Å². The van der Waals surface area contributed by atoms with Gasteiger partial charge in [0.25, 0.3) is 0 Å². The van der Waals surface area contributed by atoms with Gasteiger partial charge in [-0.05, 0) is 88.5 Å². The van der Waals surface area contributed by atoms with E-state index in [0.29, 0.717) is 11.6 Å². The molecule has 1 fully saturated rings. The highest BCUT2D eigenvalue weighted by molar-refractivity contribution is 7.89. The Balaban J connectivity index is 1.32. The third kappa shape index (κ3) is 5.46. The highest BCUT2D eigenvalue weighted by Crippen LogP contribution is 2.30. The summed E-state index contributed by atoms with van der Waals surface area (Å²) < 4.78 is 27.1. The van der Waals surface area contributed by atoms with Crippen LogP contribution in [0.2, 0.25) is 0 Å². The van der Waals surface area contributed by atoms with Crippen molar-refractivity contribution < 1.29 is 13.2 Å². The van der Waals surface area contributed by atoms with Gasteiger partial charge in [0, 0.05) is 28.9 Å². The first kappa shape index (κ1) is 23.5. The molecule has 0 bridgehead atoms. The van der Waals surface area contributed by atoms with Crippen molar-refractivity contribution in [3.63, 3.8) is 0 Å². The summed E-state index contributed by atoms with van der Waals surface area (Å²) in [7, 11) is -3.55. The highest BCUT2D eigenvalue weighted by Gasteiger charge is 2.28. The fourth-order valence-corrected chi connectivity index (χ4v) is 5.67. The number of para-hydroxylation sites is 1. The number of aromatic nitrogens is 1. The van der Waals surface area contributed by atoms with Gasteiger partial charge in [-0.3, -0.25) is 9.69 Å². The number of carbonyl (C=O) groups excluding carboxylic acids is 1. The molecule has 3 N–H and O–H groups in total. The largest absolute Gasteiger partial charge is 0.358 e. The molecule has 1 aromatic heterocycles. The lowest BCUT2D eigenvalue weighted by molar-refractivity contribution is -0.121. The minimum Gasteiger partial charge on any atom is -0.358 e. The van der Waals surface area contributed by atoms with Crippen LogP contribution in [0, 0.1) is 0 Å². The number of carbonyl (C=O) groups is 1. The Hall–Kier alpha value is -2.68. The summed E-state index contributed by atoms with van der Waals surface area (Å²) in [6.07, 6.45) is 2.00. The number of anilines is 1. The van der Waals surface area contributed by atoms with E-state index in [4.69, 9.17) is 0 Å². The van der Waals surface area contributed by atoms with Crippen molar-refractivity contribution in [2.24, 2.45) is 0 Å². The molecule has 0 aliphatic carbocycles. The lowest BCUT2D eigenvalue weighted by Gasteiger charge is -2.35. The van der Waals surface area contributed by atoms with E-state index in [1.54, 1.807) is 26.0 Å². The molecule has 1 saturated heterocycles. The number of hydrogen-bond donors (Lipinski definition) is 3. The lowest BCUT2D eigenvalue weighted by Crippen LogP contribution is -2.45. The molecule has 2 aromatic carbocycles. The Morgan fingerprint density at radius 2 is 1.70 bits per heavy atom. The van der Waals surface area contributed by atoms with Gasteiger partial charge in [-0.25, -0.2) is 13.1 Å². The number of likely N-dealkylation sites (tertiary alicyclic amines) is 1. The van der Waals surface area contributed by atoms with Gasteiger partial charge in [-0.15, -0.1) is 0 Å². The first-order valence-electron chi connectivity index (χ1n) is 11.5. The Morgan fingerprint density at radius 1 is 1.03 bits per heavy atom. The first-order chi connectivity index (χ1) is 15.7. The number of sulfonamides is 1. The van der Waals surface area contributed by atoms with Gasteiger partial charge < -0.3 is 10.3 Å². The summed E-state index contributed by atoms with van der Waals surface area (Å²) in [5.74, 6) is 0.382. The molecule has 1 aliphatic rings. The SMILES string of the molecule is CC(C)NS(=O)(=O)c1ccc(NC(=O)C(C)N2CCC(c3cc4ccccc4[nH]3)CC2)cc1. The van der Waals surface area contributed by atoms with Crippen molar-refractivity contribution in [2.75, 3.05) is 18.4 Å². The van der Waals surface area contributed by atoms with Crippen LogP contribution in [0.5, 0.6) is 0 Å². The Bertz CT molecular complexity index is 1180. The normalized spacial score (nSPS) is 16.8. The number of H-pyrrole nitrogens is 1. The molecule has 3 aromatic rings. The van der Waals surface area contributed by atoms with Crippen LogP contribution in [-0.4, -0.2) is 49.4 Å². The zero-order valence-electron chi connectivity index (χ0n) is 19.3. The molecule has 0 radical (unpaired) electrons. The third-order valence-corrected chi connectivity index (χ3v) is 7.94. The number of fused-ring (bicyclic) bond motifs is 1. The van der Waals surface area contributed by atoms with E-state index in [0.717, 1.165) is 25.9 Å². The molecule has 1 aliphatic heterocycles. The molecule has 8 heteroatoms. The van der Waals surface area contributed by atoms with Gasteiger partial charge in [-0.2, -0.15) is 0 Å². The molecule has 176 valence electrons. The maximum Gasteiger partial charge on any atom is 0.241 e. The standard InChI is InChI=1S/C25H32N4O3S/c1-17(2)28-33(31,32)22-10-8-21(9-11-22)26-25(30)18(3)29-14-12-19(13-15-29)24-16-20-6-4-5-7-23(20)27-24/h4-11,16-19,27-28H,12-15H2,1-3H3,(H,26,30). The fraction of sp³-hybridized carbons (Fsp3) is 0.400. The Kier molecular flexibility index (Phi) is 6.88. The summed E-state index contributed by atoms with van der Waals surface area (Å²) in [4.78, 5) is 18.8. The zero-order chi connectivity index (χ0) is 23.6. The minimum atomic E-state index is -3.55. The van der Waals surface area contributed by atoms with Crippen LogP contribution in [0.1, 0.15) is 45.2 Å². The molecule has 1 atom stereocenters. The Morgan fingerprint density at radius 3 is 2.33 bits per heavy atom. The lowest BCUT2D eigenvalue weighted by atomic mass is 9.92. The van der Waals surface area contributed by atoms with Crippen molar-refractivity contribution in [2.45, 2.75) is 56.5 Å². The summed E-state index contributed by atoms with van der Waals surface area (Å²) >= 11 is 0. The minimum absolute atomic E-state index is 0.0880. The van der Waals surface area contributed by atoms with E-state index in [1.165, 1.54) is 28.7 Å². The van der Waals surface area contributed by atoms with E-state index in [2.05, 4.69) is 44.2 Å². The monoisotopic (exact) mass is 468 g/mol. The molecule has 0 spiro atoms. The van der Waals surface area contributed by atoms with Crippen molar-refractivity contribution in [3.8, 4) is 0 Å². The summed E-state index contributed by atoms with van der Waals surface area (Å²) in [6, 6.07) is 16.4. The van der Waals surface area contributed by atoms with Crippen LogP contribution in [0.15, 0.2) is 59.5 Å². The summed E-state index contributed by atoms with van der Waals surface area (Å²) in [5, 5.41) is 4.15. The van der Waals surface area contributed by atoms with Crippen LogP contribution < -0.4 is 10.0 Å². The molecule has 2 heterocycles. The van der Waals surface area contributed by atoms with Crippen molar-refractivity contribution in [1.82, 2.24) is 14.6 Å². The third-order valence-electron chi connectivity index (χ3n) is 6.27. The first-order valence-corrected chi connectivity index (χ1v) is 13.0. The number of nitrogens with one attached hydrogen (secondary N) is 3. The van der Waals surface area contributed by atoms with E-state index in [9.17, 15) is 13.2 Å². The van der Waals surface area contributed by atoms with Crippen LogP contribution >= 0.6 is 0 Å². The van der Waals surface area contributed by atoms with Crippen LogP contribution in [0.25, 0.3) is 10.9 Å². The summed E-state index contributed by atoms with van der Waals surface area (Å²) in [5.41, 5.74) is 3.03. The van der Waals surface area contributed by atoms with E-state index in [1.807, 2.05) is 13.0 Å². The second-order valence-corrected chi connectivity index (χ2v) is 10.8. The summed E-state index contributed by atoms with van der Waals surface area (Å²) in [6.45, 7) is 7.18. The number of piperidine rings is 1. The van der Waals surface area contributed by atoms with Crippen molar-refractivity contribution in [1.29, 1.82) is 0 Å². The molecule has 0 saturated carbocycles. The van der Waals surface area contributed by atoms with Gasteiger partial charge in [0.1, 0.15) is 0 Å². The predicted molar refractivity (Wildman–Crippen MR) is 132 cm³/mol. The number of hydrogen-bond acceptors (Lipinski definition) is 4. The van der Waals surface area contributed by atoms with Gasteiger partial charge in [0.15, 0.2) is 0 Å². The quantitative estimate of drug-likeness (QED) is 0.487. The molecule has 4 rings (SSSR count). The number of nitrogens with zero attached hydrogens (tertiary/aromatic N) is 1. The van der Waals surface area contributed by atoms with E-state index in [-0.39, 0.29) is 22.9 Å². The predicted octanol–water partition coefficient (Wildman–Crippen LogP) is 4.06. The number of amides is 1. The van der Waals surface area contributed by atoms with Crippen molar-refractivity contribution in [3.05, 3.63) is 60.3 Å². The number of rotatable bonds is 7. The molecular formula is C25H32N4O3S. The van der Waals surface area contributed by atoms with Gasteiger partial charge in [0.2, 0.25) is 15.9 Å². The molecule has 1 amide bonds.